The first kappa shape index (κ1) is 25.0. The minimum Gasteiger partial charge on any atom is -0.323 e. The normalized spacial score (nSPS) is 13.5. The van der Waals surface area contributed by atoms with Gasteiger partial charge >= 0.3 is 7.82 Å². The van der Waals surface area contributed by atoms with Gasteiger partial charge in [-0.15, -0.1) is 0 Å². The van der Waals surface area contributed by atoms with E-state index >= 15 is 0 Å². The third-order valence-electron chi connectivity index (χ3n) is 5.52. The topological polar surface area (TPSA) is 110 Å². The van der Waals surface area contributed by atoms with Gasteiger partial charge in [0.15, 0.2) is 5.78 Å². The van der Waals surface area contributed by atoms with Gasteiger partial charge in [-0.2, -0.15) is 0 Å². The van der Waals surface area contributed by atoms with Crippen LogP contribution in [0.1, 0.15) is 41.3 Å². The number of Topliss-reactive ketones (excluding diaryl/α,β-unsaturated/α-hetero) is 1. The van der Waals surface area contributed by atoms with E-state index in [-0.39, 0.29) is 12.4 Å². The van der Waals surface area contributed by atoms with Crippen LogP contribution in [0.25, 0.3) is 11.1 Å². The quantitative estimate of drug-likeness (QED) is 0.273. The molecule has 0 bridgehead atoms. The second-order valence-corrected chi connectivity index (χ2v) is 9.84. The summed E-state index contributed by atoms with van der Waals surface area (Å²) in [5.74, 6) is 0.0902. The number of ketones is 1. The predicted molar refractivity (Wildman–Crippen MR) is 130 cm³/mol. The van der Waals surface area contributed by atoms with E-state index in [2.05, 4.69) is 40.9 Å². The summed E-state index contributed by atoms with van der Waals surface area (Å²) >= 11 is 0. The molecule has 0 radical (unpaired) electrons. The molecule has 0 saturated heterocycles. The average Bonchev–Trinajstić information content (AvgIpc) is 2.81. The maximum absolute atomic E-state index is 12.6. The van der Waals surface area contributed by atoms with Crippen molar-refractivity contribution < 1.29 is 23.7 Å². The summed E-state index contributed by atoms with van der Waals surface area (Å²) < 4.78 is 15.4. The highest BCUT2D eigenvalue weighted by Gasteiger charge is 2.24. The molecule has 0 heterocycles. The molecule has 3 aromatic rings. The number of phosphoric ester groups is 1. The van der Waals surface area contributed by atoms with Gasteiger partial charge in [-0.05, 0) is 48.4 Å². The van der Waals surface area contributed by atoms with Crippen LogP contribution in [0, 0.1) is 0 Å². The Hall–Kier alpha value is -2.60. The van der Waals surface area contributed by atoms with E-state index in [9.17, 15) is 9.36 Å². The van der Waals surface area contributed by atoms with Crippen molar-refractivity contribution in [3.63, 3.8) is 0 Å². The van der Waals surface area contributed by atoms with Crippen LogP contribution in [0.5, 0.6) is 0 Å². The van der Waals surface area contributed by atoms with Crippen LogP contribution in [0.15, 0.2) is 78.9 Å². The fourth-order valence-electron chi connectivity index (χ4n) is 3.49. The molecule has 3 rings (SSSR count). The summed E-state index contributed by atoms with van der Waals surface area (Å²) in [6, 6.07) is 25.9. The monoisotopic (exact) mass is 467 g/mol. The number of carbonyl (C=O) groups excluding carboxylic acids is 1. The fourth-order valence-corrected chi connectivity index (χ4v) is 3.95. The molecule has 33 heavy (non-hydrogen) atoms. The first-order chi connectivity index (χ1) is 15.6. The second kappa shape index (κ2) is 11.0. The second-order valence-electron chi connectivity index (χ2n) is 8.60. The Labute approximate surface area is 194 Å². The van der Waals surface area contributed by atoms with Crippen molar-refractivity contribution in [3.8, 4) is 11.1 Å². The molecule has 0 aliphatic rings. The van der Waals surface area contributed by atoms with Crippen LogP contribution in [0.4, 0.5) is 0 Å². The summed E-state index contributed by atoms with van der Waals surface area (Å²) in [6.45, 7) is 1.45. The lowest BCUT2D eigenvalue weighted by Crippen LogP contribution is -2.41. The van der Waals surface area contributed by atoms with Crippen molar-refractivity contribution in [2.24, 2.45) is 5.73 Å². The van der Waals surface area contributed by atoms with Crippen molar-refractivity contribution in [1.29, 1.82) is 0 Å². The molecule has 0 amide bonds. The summed E-state index contributed by atoms with van der Waals surface area (Å²) in [4.78, 5) is 30.3. The number of rotatable bonds is 11. The van der Waals surface area contributed by atoms with E-state index in [1.54, 1.807) is 6.92 Å². The fraction of sp³-hybridized carbons (Fsp3) is 0.269. The van der Waals surface area contributed by atoms with E-state index in [1.165, 1.54) is 5.56 Å². The molecule has 6 nitrogen and oxygen atoms in total. The van der Waals surface area contributed by atoms with Crippen LogP contribution < -0.4 is 5.73 Å². The maximum Gasteiger partial charge on any atom is 0.469 e. The number of hydrogen-bond acceptors (Lipinski definition) is 4. The van der Waals surface area contributed by atoms with Crippen molar-refractivity contribution in [1.82, 2.24) is 0 Å². The smallest absolute Gasteiger partial charge is 0.323 e. The van der Waals surface area contributed by atoms with E-state index in [0.717, 1.165) is 16.7 Å². The van der Waals surface area contributed by atoms with Gasteiger partial charge in [0.25, 0.3) is 0 Å². The minimum absolute atomic E-state index is 0.0902. The lowest BCUT2D eigenvalue weighted by molar-refractivity contribution is 0.0982. The molecule has 0 saturated carbocycles. The Balaban J connectivity index is 1.48. The highest BCUT2D eigenvalue weighted by molar-refractivity contribution is 7.46. The van der Waals surface area contributed by atoms with Crippen molar-refractivity contribution >= 4 is 13.6 Å². The SMILES string of the molecule is C[C@@](N)(CCc1ccc(C(=O)CCc2ccc(-c3ccccc3)cc2)cc1)COP(=O)(O)O. The molecule has 1 atom stereocenters. The highest BCUT2D eigenvalue weighted by Crippen LogP contribution is 2.36. The lowest BCUT2D eigenvalue weighted by atomic mass is 9.94. The summed E-state index contributed by atoms with van der Waals surface area (Å²) in [5.41, 5.74) is 10.3. The molecular formula is C26H30NO5P. The van der Waals surface area contributed by atoms with E-state index in [4.69, 9.17) is 15.5 Å². The van der Waals surface area contributed by atoms with E-state index < -0.39 is 13.4 Å². The summed E-state index contributed by atoms with van der Waals surface area (Å²) in [7, 11) is -4.54. The summed E-state index contributed by atoms with van der Waals surface area (Å²) in [5, 5.41) is 0. The standard InChI is InChI=1S/C26H30NO5P/c1-26(27,19-32-33(29,30)31)18-17-21-9-14-24(15-10-21)25(28)16-11-20-7-12-23(13-8-20)22-5-3-2-4-6-22/h2-10,12-15H,11,16-19,27H2,1H3,(H2,29,30,31)/t26-/m1/s1. The average molecular weight is 468 g/mol. The lowest BCUT2D eigenvalue weighted by Gasteiger charge is -2.24. The molecule has 0 unspecified atom stereocenters. The summed E-state index contributed by atoms with van der Waals surface area (Å²) in [6.07, 6.45) is 2.21. The van der Waals surface area contributed by atoms with Gasteiger partial charge in [0.2, 0.25) is 0 Å². The van der Waals surface area contributed by atoms with Crippen LogP contribution >= 0.6 is 7.82 Å². The number of carbonyl (C=O) groups is 1. The Morgan fingerprint density at radius 1 is 0.879 bits per heavy atom. The first-order valence-electron chi connectivity index (χ1n) is 10.9. The number of phosphoric acid groups is 1. The zero-order valence-corrected chi connectivity index (χ0v) is 19.6. The van der Waals surface area contributed by atoms with Crippen molar-refractivity contribution in [2.45, 2.75) is 38.1 Å². The Morgan fingerprint density at radius 3 is 2.03 bits per heavy atom. The zero-order chi connectivity index (χ0) is 23.9. The van der Waals surface area contributed by atoms with Gasteiger partial charge in [-0.3, -0.25) is 9.32 Å². The Bertz CT molecular complexity index is 1090. The molecule has 174 valence electrons. The third kappa shape index (κ3) is 8.35. The molecule has 0 spiro atoms. The van der Waals surface area contributed by atoms with Gasteiger partial charge in [0, 0.05) is 17.5 Å². The molecule has 4 N–H and O–H groups in total. The molecule has 0 aliphatic heterocycles. The van der Waals surface area contributed by atoms with Gasteiger partial charge in [-0.25, -0.2) is 4.57 Å². The molecule has 0 aromatic heterocycles. The van der Waals surface area contributed by atoms with Gasteiger partial charge in [0.1, 0.15) is 0 Å². The zero-order valence-electron chi connectivity index (χ0n) is 18.7. The van der Waals surface area contributed by atoms with Crippen molar-refractivity contribution in [3.05, 3.63) is 95.6 Å². The first-order valence-corrected chi connectivity index (χ1v) is 12.4. The molecule has 0 aliphatic carbocycles. The van der Waals surface area contributed by atoms with Crippen LogP contribution in [-0.2, 0) is 21.9 Å². The van der Waals surface area contributed by atoms with Crippen LogP contribution in [0.2, 0.25) is 0 Å². The Kier molecular flexibility index (Phi) is 8.35. The van der Waals surface area contributed by atoms with Gasteiger partial charge in [-0.1, -0.05) is 78.9 Å². The number of nitrogens with two attached hydrogens (primary N) is 1. The largest absolute Gasteiger partial charge is 0.469 e. The maximum atomic E-state index is 12.6. The Morgan fingerprint density at radius 2 is 1.42 bits per heavy atom. The molecular weight excluding hydrogens is 437 g/mol. The minimum atomic E-state index is -4.54. The molecule has 3 aromatic carbocycles. The van der Waals surface area contributed by atoms with Gasteiger partial charge < -0.3 is 15.5 Å². The highest BCUT2D eigenvalue weighted by atomic mass is 31.2. The van der Waals surface area contributed by atoms with E-state index in [1.807, 2.05) is 42.5 Å². The van der Waals surface area contributed by atoms with Gasteiger partial charge in [0.05, 0.1) is 6.61 Å². The molecule has 0 fully saturated rings. The third-order valence-corrected chi connectivity index (χ3v) is 5.99. The number of hydrogen-bond donors (Lipinski definition) is 3. The molecule has 7 heteroatoms. The van der Waals surface area contributed by atoms with E-state index in [0.29, 0.717) is 31.2 Å². The van der Waals surface area contributed by atoms with Crippen molar-refractivity contribution in [2.75, 3.05) is 6.61 Å². The van der Waals surface area contributed by atoms with Crippen LogP contribution in [-0.4, -0.2) is 27.7 Å². The number of benzene rings is 3. The predicted octanol–water partition coefficient (Wildman–Crippen LogP) is 4.93. The number of aryl methyl sites for hydroxylation is 2. The van der Waals surface area contributed by atoms with Crippen LogP contribution in [0.3, 0.4) is 0 Å².